The van der Waals surface area contributed by atoms with Crippen LogP contribution in [-0.4, -0.2) is 36.1 Å². The van der Waals surface area contributed by atoms with Crippen LogP contribution >= 0.6 is 0 Å². The van der Waals surface area contributed by atoms with Crippen molar-refractivity contribution in [3.05, 3.63) is 59.4 Å². The van der Waals surface area contributed by atoms with E-state index in [1.54, 1.807) is 13.2 Å². The number of guanidine groups is 1. The van der Waals surface area contributed by atoms with Gasteiger partial charge in [-0.1, -0.05) is 18.2 Å². The molecule has 2 aromatic heterocycles. The molecule has 6 nitrogen and oxygen atoms in total. The van der Waals surface area contributed by atoms with Gasteiger partial charge in [-0.25, -0.2) is 4.98 Å². The largest absolute Gasteiger partial charge is 0.477 e. The Morgan fingerprint density at radius 1 is 1.24 bits per heavy atom. The maximum atomic E-state index is 5.77. The number of aryl methyl sites for hydroxylation is 1. The molecule has 1 aromatic carbocycles. The van der Waals surface area contributed by atoms with Gasteiger partial charge in [0.15, 0.2) is 5.96 Å². The number of aliphatic imine (C=N–C) groups is 1. The van der Waals surface area contributed by atoms with Crippen LogP contribution in [0, 0.1) is 12.8 Å². The van der Waals surface area contributed by atoms with Gasteiger partial charge in [0, 0.05) is 49.0 Å². The molecule has 0 amide bonds. The number of para-hydroxylation sites is 1. The zero-order valence-corrected chi connectivity index (χ0v) is 17.2. The molecular weight excluding hydrogens is 362 g/mol. The van der Waals surface area contributed by atoms with Gasteiger partial charge in [-0.3, -0.25) is 4.99 Å². The van der Waals surface area contributed by atoms with Crippen molar-refractivity contribution in [2.24, 2.45) is 10.9 Å². The second kappa shape index (κ2) is 8.99. The van der Waals surface area contributed by atoms with E-state index in [0.29, 0.717) is 12.4 Å². The normalized spacial score (nSPS) is 14.2. The van der Waals surface area contributed by atoms with E-state index in [1.807, 2.05) is 12.1 Å². The first-order valence-electron chi connectivity index (χ1n) is 10.3. The Morgan fingerprint density at radius 2 is 2.10 bits per heavy atom. The molecule has 2 heterocycles. The molecule has 1 aliphatic rings. The summed E-state index contributed by atoms with van der Waals surface area (Å²) < 4.78 is 5.77. The fourth-order valence-electron chi connectivity index (χ4n) is 3.50. The molecule has 4 rings (SSSR count). The summed E-state index contributed by atoms with van der Waals surface area (Å²) in [5.74, 6) is 2.22. The van der Waals surface area contributed by atoms with Gasteiger partial charge < -0.3 is 20.4 Å². The van der Waals surface area contributed by atoms with Crippen LogP contribution in [0.5, 0.6) is 5.88 Å². The molecule has 0 aliphatic heterocycles. The fraction of sp³-hybridized carbons (Fsp3) is 0.391. The monoisotopic (exact) mass is 391 g/mol. The minimum atomic E-state index is 0.675. The highest BCUT2D eigenvalue weighted by Crippen LogP contribution is 2.29. The van der Waals surface area contributed by atoms with Gasteiger partial charge in [-0.2, -0.15) is 0 Å². The summed E-state index contributed by atoms with van der Waals surface area (Å²) in [5.41, 5.74) is 4.91. The Kier molecular flexibility index (Phi) is 5.98. The van der Waals surface area contributed by atoms with Gasteiger partial charge in [0.2, 0.25) is 5.88 Å². The van der Waals surface area contributed by atoms with Crippen LogP contribution in [0.2, 0.25) is 0 Å². The quantitative estimate of drug-likeness (QED) is 0.405. The van der Waals surface area contributed by atoms with E-state index in [1.165, 1.54) is 35.0 Å². The lowest BCUT2D eigenvalue weighted by Gasteiger charge is -2.13. The van der Waals surface area contributed by atoms with Crippen LogP contribution < -0.4 is 15.4 Å². The lowest BCUT2D eigenvalue weighted by atomic mass is 10.1. The molecule has 1 aliphatic carbocycles. The summed E-state index contributed by atoms with van der Waals surface area (Å²) in [7, 11) is 1.79. The van der Waals surface area contributed by atoms with Gasteiger partial charge in [0.05, 0.1) is 6.61 Å². The number of nitrogens with one attached hydrogen (secondary N) is 3. The van der Waals surface area contributed by atoms with Crippen molar-refractivity contribution in [1.29, 1.82) is 0 Å². The van der Waals surface area contributed by atoms with Gasteiger partial charge in [-0.05, 0) is 55.4 Å². The third-order valence-electron chi connectivity index (χ3n) is 5.34. The molecule has 29 heavy (non-hydrogen) atoms. The molecule has 0 bridgehead atoms. The first-order chi connectivity index (χ1) is 14.2. The minimum Gasteiger partial charge on any atom is -0.477 e. The van der Waals surface area contributed by atoms with E-state index in [0.717, 1.165) is 37.0 Å². The number of benzene rings is 1. The lowest BCUT2D eigenvalue weighted by molar-refractivity contribution is 0.288. The third kappa shape index (κ3) is 5.08. The van der Waals surface area contributed by atoms with E-state index >= 15 is 0 Å². The highest BCUT2D eigenvalue weighted by atomic mass is 16.5. The first-order valence-corrected chi connectivity index (χ1v) is 10.3. The van der Waals surface area contributed by atoms with E-state index in [4.69, 9.17) is 4.74 Å². The molecule has 0 spiro atoms. The number of aromatic amines is 1. The highest BCUT2D eigenvalue weighted by Gasteiger charge is 2.22. The Morgan fingerprint density at radius 3 is 2.93 bits per heavy atom. The summed E-state index contributed by atoms with van der Waals surface area (Å²) >= 11 is 0. The number of ether oxygens (including phenoxy) is 1. The summed E-state index contributed by atoms with van der Waals surface area (Å²) in [6, 6.07) is 12.4. The number of fused-ring (bicyclic) bond motifs is 1. The number of aromatic nitrogens is 2. The molecular formula is C23H29N5O. The maximum absolute atomic E-state index is 5.77. The van der Waals surface area contributed by atoms with Crippen molar-refractivity contribution in [3.8, 4) is 5.88 Å². The number of nitrogens with zero attached hydrogens (tertiary/aromatic N) is 2. The molecule has 3 N–H and O–H groups in total. The average molecular weight is 392 g/mol. The highest BCUT2D eigenvalue weighted by molar-refractivity contribution is 5.84. The standard InChI is InChI=1S/C23H29N5O/c1-16-19(20-5-3-4-6-21(20)28-16)10-12-26-23(24-2)27-14-18-9-11-25-22(13-18)29-15-17-7-8-17/h3-6,9,11,13,17,28H,7-8,10,12,14-15H2,1-2H3,(H2,24,26,27). The summed E-state index contributed by atoms with van der Waals surface area (Å²) in [4.78, 5) is 12.1. The molecule has 0 unspecified atom stereocenters. The molecule has 1 fully saturated rings. The van der Waals surface area contributed by atoms with Crippen LogP contribution in [0.15, 0.2) is 47.6 Å². The second-order valence-corrected chi connectivity index (χ2v) is 7.63. The van der Waals surface area contributed by atoms with E-state index in [2.05, 4.69) is 56.8 Å². The topological polar surface area (TPSA) is 74.3 Å². The predicted molar refractivity (Wildman–Crippen MR) is 117 cm³/mol. The number of pyridine rings is 1. The Balaban J connectivity index is 1.27. The summed E-state index contributed by atoms with van der Waals surface area (Å²) in [5, 5.41) is 8.08. The fourth-order valence-corrected chi connectivity index (χ4v) is 3.50. The second-order valence-electron chi connectivity index (χ2n) is 7.63. The smallest absolute Gasteiger partial charge is 0.213 e. The number of hydrogen-bond donors (Lipinski definition) is 3. The Hall–Kier alpha value is -3.02. The van der Waals surface area contributed by atoms with Gasteiger partial charge >= 0.3 is 0 Å². The van der Waals surface area contributed by atoms with Crippen LogP contribution in [0.1, 0.15) is 29.7 Å². The van der Waals surface area contributed by atoms with E-state index < -0.39 is 0 Å². The van der Waals surface area contributed by atoms with Crippen molar-refractivity contribution in [2.45, 2.75) is 32.7 Å². The SMILES string of the molecule is CN=C(NCCc1c(C)[nH]c2ccccc12)NCc1ccnc(OCC2CC2)c1. The number of hydrogen-bond acceptors (Lipinski definition) is 3. The lowest BCUT2D eigenvalue weighted by Crippen LogP contribution is -2.37. The molecule has 3 aromatic rings. The third-order valence-corrected chi connectivity index (χ3v) is 5.34. The molecule has 0 saturated heterocycles. The van der Waals surface area contributed by atoms with E-state index in [9.17, 15) is 0 Å². The van der Waals surface area contributed by atoms with Gasteiger partial charge in [0.1, 0.15) is 0 Å². The van der Waals surface area contributed by atoms with Crippen molar-refractivity contribution in [1.82, 2.24) is 20.6 Å². The van der Waals surface area contributed by atoms with Gasteiger partial charge in [-0.15, -0.1) is 0 Å². The molecule has 1 saturated carbocycles. The van der Waals surface area contributed by atoms with Crippen LogP contribution in [0.25, 0.3) is 10.9 Å². The van der Waals surface area contributed by atoms with E-state index in [-0.39, 0.29) is 0 Å². The van der Waals surface area contributed by atoms with Crippen LogP contribution in [0.4, 0.5) is 0 Å². The Bertz CT molecular complexity index is 990. The number of H-pyrrole nitrogens is 1. The van der Waals surface area contributed by atoms with Crippen molar-refractivity contribution in [3.63, 3.8) is 0 Å². The molecule has 6 heteroatoms. The van der Waals surface area contributed by atoms with Crippen molar-refractivity contribution < 1.29 is 4.74 Å². The molecule has 152 valence electrons. The van der Waals surface area contributed by atoms with Crippen LogP contribution in [0.3, 0.4) is 0 Å². The summed E-state index contributed by atoms with van der Waals surface area (Å²) in [6.45, 7) is 4.40. The first kappa shape index (κ1) is 19.3. The minimum absolute atomic E-state index is 0.675. The number of rotatable bonds is 8. The van der Waals surface area contributed by atoms with Crippen molar-refractivity contribution >= 4 is 16.9 Å². The van der Waals surface area contributed by atoms with Gasteiger partial charge in [0.25, 0.3) is 0 Å². The molecule has 0 atom stereocenters. The average Bonchev–Trinajstić information content (AvgIpc) is 3.52. The maximum Gasteiger partial charge on any atom is 0.213 e. The zero-order valence-electron chi connectivity index (χ0n) is 17.2. The predicted octanol–water partition coefficient (Wildman–Crippen LogP) is 3.57. The van der Waals surface area contributed by atoms with Crippen molar-refractivity contribution in [2.75, 3.05) is 20.2 Å². The van der Waals surface area contributed by atoms with Crippen LogP contribution in [-0.2, 0) is 13.0 Å². The molecule has 0 radical (unpaired) electrons. The summed E-state index contributed by atoms with van der Waals surface area (Å²) in [6.07, 6.45) is 5.29. The Labute approximate surface area is 171 Å². The zero-order chi connectivity index (χ0) is 20.1.